The highest BCUT2D eigenvalue weighted by Gasteiger charge is 2.17. The van der Waals surface area contributed by atoms with Gasteiger partial charge in [0.1, 0.15) is 6.33 Å². The smallest absolute Gasteiger partial charge is 0.261 e. The number of benzene rings is 2. The molecule has 0 aliphatic carbocycles. The molecule has 0 aliphatic heterocycles. The summed E-state index contributed by atoms with van der Waals surface area (Å²) in [6.07, 6.45) is 4.81. The number of imidazole rings is 1. The Morgan fingerprint density at radius 3 is 2.33 bits per heavy atom. The molecule has 0 aliphatic rings. The number of nitrogens with one attached hydrogen (secondary N) is 1. The molecule has 0 saturated heterocycles. The largest absolute Gasteiger partial charge is 0.280 e. The summed E-state index contributed by atoms with van der Waals surface area (Å²) in [5, 5.41) is 0.468. The molecular weight excluding hydrogens is 409 g/mol. The van der Waals surface area contributed by atoms with Gasteiger partial charge in [-0.25, -0.2) is 23.4 Å². The van der Waals surface area contributed by atoms with E-state index in [4.69, 9.17) is 23.2 Å². The first kappa shape index (κ1) is 17.7. The molecule has 0 unspecified atom stereocenters. The first-order valence-electron chi connectivity index (χ1n) is 7.66. The van der Waals surface area contributed by atoms with Crippen molar-refractivity contribution < 1.29 is 8.42 Å². The van der Waals surface area contributed by atoms with Gasteiger partial charge in [0.25, 0.3) is 10.0 Å². The van der Waals surface area contributed by atoms with Gasteiger partial charge in [0.2, 0.25) is 5.95 Å². The topological polar surface area (TPSA) is 89.8 Å². The number of hydrogen-bond acceptors (Lipinski definition) is 5. The van der Waals surface area contributed by atoms with Crippen molar-refractivity contribution in [1.82, 2.24) is 19.5 Å². The minimum absolute atomic E-state index is 0.0278. The maximum atomic E-state index is 12.7. The Hall–Kier alpha value is -2.68. The standard InChI is InChI=1S/C17H11Cl2N5O2S/c18-11-6-12(19)8-14(7-11)27(25,26)23-13-2-3-15-16(9-13)24(10-22-15)17-20-4-1-5-21-17/h1-10,23H. The molecule has 0 amide bonds. The van der Waals surface area contributed by atoms with Crippen LogP contribution >= 0.6 is 23.2 Å². The van der Waals surface area contributed by atoms with E-state index in [0.29, 0.717) is 22.7 Å². The van der Waals surface area contributed by atoms with E-state index >= 15 is 0 Å². The highest BCUT2D eigenvalue weighted by Crippen LogP contribution is 2.26. The van der Waals surface area contributed by atoms with Crippen LogP contribution in [0.5, 0.6) is 0 Å². The molecule has 0 atom stereocenters. The lowest BCUT2D eigenvalue weighted by Crippen LogP contribution is -2.13. The lowest BCUT2D eigenvalue weighted by molar-refractivity contribution is 0.601. The van der Waals surface area contributed by atoms with Crippen molar-refractivity contribution in [2.45, 2.75) is 4.90 Å². The summed E-state index contributed by atoms with van der Waals surface area (Å²) in [7, 11) is -3.87. The van der Waals surface area contributed by atoms with Crippen molar-refractivity contribution >= 4 is 49.9 Å². The Morgan fingerprint density at radius 1 is 0.926 bits per heavy atom. The van der Waals surface area contributed by atoms with E-state index in [-0.39, 0.29) is 14.9 Å². The number of nitrogens with zero attached hydrogens (tertiary/aromatic N) is 4. The summed E-state index contributed by atoms with van der Waals surface area (Å²) >= 11 is 11.8. The molecule has 7 nitrogen and oxygen atoms in total. The average Bonchev–Trinajstić information content (AvgIpc) is 3.04. The van der Waals surface area contributed by atoms with E-state index < -0.39 is 10.0 Å². The van der Waals surface area contributed by atoms with Crippen LogP contribution in [0, 0.1) is 0 Å². The quantitative estimate of drug-likeness (QED) is 0.541. The van der Waals surface area contributed by atoms with E-state index in [9.17, 15) is 8.42 Å². The first-order valence-corrected chi connectivity index (χ1v) is 9.90. The van der Waals surface area contributed by atoms with Gasteiger partial charge in [-0.05, 0) is 42.5 Å². The van der Waals surface area contributed by atoms with Crippen molar-refractivity contribution in [1.29, 1.82) is 0 Å². The number of rotatable bonds is 4. The molecule has 2 heterocycles. The average molecular weight is 420 g/mol. The maximum absolute atomic E-state index is 12.7. The van der Waals surface area contributed by atoms with Crippen LogP contribution < -0.4 is 4.72 Å². The van der Waals surface area contributed by atoms with E-state index in [0.717, 1.165) is 0 Å². The molecule has 0 bridgehead atoms. The predicted molar refractivity (Wildman–Crippen MR) is 104 cm³/mol. The molecule has 4 rings (SSSR count). The Bertz CT molecular complexity index is 1220. The molecule has 2 aromatic carbocycles. The summed E-state index contributed by atoms with van der Waals surface area (Å²) in [5.74, 6) is 0.432. The van der Waals surface area contributed by atoms with Gasteiger partial charge in [0.15, 0.2) is 0 Å². The second kappa shape index (κ2) is 6.80. The molecule has 0 radical (unpaired) electrons. The third kappa shape index (κ3) is 3.59. The van der Waals surface area contributed by atoms with Gasteiger partial charge in [-0.2, -0.15) is 0 Å². The van der Waals surface area contributed by atoms with Crippen LogP contribution in [0.4, 0.5) is 5.69 Å². The molecule has 10 heteroatoms. The first-order chi connectivity index (χ1) is 12.9. The fraction of sp³-hybridized carbons (Fsp3) is 0. The zero-order chi connectivity index (χ0) is 19.0. The molecule has 27 heavy (non-hydrogen) atoms. The minimum Gasteiger partial charge on any atom is -0.280 e. The van der Waals surface area contributed by atoms with Crippen LogP contribution in [0.25, 0.3) is 17.0 Å². The number of halogens is 2. The number of aromatic nitrogens is 4. The number of fused-ring (bicyclic) bond motifs is 1. The predicted octanol–water partition coefficient (Wildman–Crippen LogP) is 3.92. The molecule has 2 aromatic heterocycles. The summed E-state index contributed by atoms with van der Waals surface area (Å²) in [4.78, 5) is 12.6. The van der Waals surface area contributed by atoms with Crippen LogP contribution in [0.2, 0.25) is 10.0 Å². The normalized spacial score (nSPS) is 11.6. The summed E-state index contributed by atoms with van der Waals surface area (Å²) in [6.45, 7) is 0. The third-order valence-electron chi connectivity index (χ3n) is 3.71. The minimum atomic E-state index is -3.87. The van der Waals surface area contributed by atoms with E-state index in [1.165, 1.54) is 18.2 Å². The molecule has 0 saturated carbocycles. The van der Waals surface area contributed by atoms with Crippen LogP contribution in [-0.4, -0.2) is 27.9 Å². The van der Waals surface area contributed by atoms with Crippen LogP contribution in [0.3, 0.4) is 0 Å². The second-order valence-electron chi connectivity index (χ2n) is 5.58. The fourth-order valence-corrected chi connectivity index (χ4v) is 4.32. The lowest BCUT2D eigenvalue weighted by Gasteiger charge is -2.09. The Morgan fingerprint density at radius 2 is 1.63 bits per heavy atom. The highest BCUT2D eigenvalue weighted by atomic mass is 35.5. The van der Waals surface area contributed by atoms with E-state index in [2.05, 4.69) is 19.7 Å². The molecule has 0 spiro atoms. The second-order valence-corrected chi connectivity index (χ2v) is 8.13. The van der Waals surface area contributed by atoms with Gasteiger partial charge in [-0.1, -0.05) is 23.2 Å². The van der Waals surface area contributed by atoms with Crippen molar-refractivity contribution in [2.24, 2.45) is 0 Å². The van der Waals surface area contributed by atoms with Crippen molar-refractivity contribution in [3.63, 3.8) is 0 Å². The van der Waals surface area contributed by atoms with E-state index in [1.54, 1.807) is 47.6 Å². The van der Waals surface area contributed by atoms with Gasteiger partial charge in [-0.3, -0.25) is 9.29 Å². The summed E-state index contributed by atoms with van der Waals surface area (Å²) < 4.78 is 29.5. The van der Waals surface area contributed by atoms with Crippen LogP contribution in [0.1, 0.15) is 0 Å². The summed E-state index contributed by atoms with van der Waals surface area (Å²) in [5.41, 5.74) is 1.69. The summed E-state index contributed by atoms with van der Waals surface area (Å²) in [6, 6.07) is 10.8. The third-order valence-corrected chi connectivity index (χ3v) is 5.51. The van der Waals surface area contributed by atoms with Gasteiger partial charge in [0, 0.05) is 22.4 Å². The van der Waals surface area contributed by atoms with Gasteiger partial charge in [0.05, 0.1) is 21.6 Å². The van der Waals surface area contributed by atoms with Crippen molar-refractivity contribution in [3.8, 4) is 5.95 Å². The maximum Gasteiger partial charge on any atom is 0.261 e. The number of sulfonamides is 1. The molecule has 136 valence electrons. The molecule has 4 aromatic rings. The molecular formula is C17H11Cl2N5O2S. The zero-order valence-corrected chi connectivity index (χ0v) is 15.9. The fourth-order valence-electron chi connectivity index (χ4n) is 2.54. The van der Waals surface area contributed by atoms with Gasteiger partial charge < -0.3 is 0 Å². The zero-order valence-electron chi connectivity index (χ0n) is 13.5. The van der Waals surface area contributed by atoms with Gasteiger partial charge >= 0.3 is 0 Å². The monoisotopic (exact) mass is 419 g/mol. The van der Waals surface area contributed by atoms with Crippen molar-refractivity contribution in [3.05, 3.63) is 71.2 Å². The Labute approximate surface area is 164 Å². The van der Waals surface area contributed by atoms with E-state index in [1.807, 2.05) is 0 Å². The highest BCUT2D eigenvalue weighted by molar-refractivity contribution is 7.92. The number of anilines is 1. The van der Waals surface area contributed by atoms with Crippen molar-refractivity contribution in [2.75, 3.05) is 4.72 Å². The van der Waals surface area contributed by atoms with Gasteiger partial charge in [-0.15, -0.1) is 0 Å². The van der Waals surface area contributed by atoms with Crippen LogP contribution in [-0.2, 0) is 10.0 Å². The molecule has 0 fully saturated rings. The lowest BCUT2D eigenvalue weighted by atomic mass is 10.3. The van der Waals surface area contributed by atoms with Crippen LogP contribution in [0.15, 0.2) is 66.1 Å². The molecule has 1 N–H and O–H groups in total. The Kier molecular flexibility index (Phi) is 4.47. The number of hydrogen-bond donors (Lipinski definition) is 1. The Balaban J connectivity index is 1.74. The SMILES string of the molecule is O=S(=O)(Nc1ccc2ncn(-c3ncccn3)c2c1)c1cc(Cl)cc(Cl)c1.